The molecule has 0 unspecified atom stereocenters. The van der Waals surface area contributed by atoms with Crippen molar-refractivity contribution in [2.24, 2.45) is 0 Å². The Morgan fingerprint density at radius 1 is 1.15 bits per heavy atom. The van der Waals surface area contributed by atoms with Gasteiger partial charge in [-0.1, -0.05) is 19.9 Å². The van der Waals surface area contributed by atoms with E-state index in [4.69, 9.17) is 4.74 Å². The van der Waals surface area contributed by atoms with Gasteiger partial charge in [-0.3, -0.25) is 0 Å². The number of ether oxygens (including phenoxy) is 1. The Kier molecular flexibility index (Phi) is 3.38. The van der Waals surface area contributed by atoms with E-state index < -0.39 is 0 Å². The molecule has 0 fully saturated rings. The van der Waals surface area contributed by atoms with E-state index in [1.54, 1.807) is 7.11 Å². The SMILES string of the molecule is CC.COc1cccc2[nH]ccc12. The Bertz CT molecular complexity index is 365. The highest BCUT2D eigenvalue weighted by Crippen LogP contribution is 2.23. The smallest absolute Gasteiger partial charge is 0.128 e. The number of aromatic nitrogens is 1. The lowest BCUT2D eigenvalue weighted by molar-refractivity contribution is 0.420. The Labute approximate surface area is 78.5 Å². The Balaban J connectivity index is 0.000000396. The summed E-state index contributed by atoms with van der Waals surface area (Å²) in [5.41, 5.74) is 1.12. The van der Waals surface area contributed by atoms with Gasteiger partial charge in [0.05, 0.1) is 7.11 Å². The zero-order valence-corrected chi connectivity index (χ0v) is 8.29. The molecule has 0 aliphatic rings. The second kappa shape index (κ2) is 4.55. The molecule has 2 rings (SSSR count). The number of benzene rings is 1. The van der Waals surface area contributed by atoms with Crippen LogP contribution < -0.4 is 4.74 Å². The molecular formula is C11H15NO. The van der Waals surface area contributed by atoms with E-state index in [-0.39, 0.29) is 0 Å². The zero-order chi connectivity index (χ0) is 9.68. The van der Waals surface area contributed by atoms with E-state index in [1.807, 2.05) is 44.3 Å². The maximum Gasteiger partial charge on any atom is 0.128 e. The second-order valence-corrected chi connectivity index (χ2v) is 2.40. The van der Waals surface area contributed by atoms with Crippen LogP contribution in [-0.4, -0.2) is 12.1 Å². The number of hydrogen-bond donors (Lipinski definition) is 1. The van der Waals surface area contributed by atoms with Crippen molar-refractivity contribution in [3.8, 4) is 5.75 Å². The second-order valence-electron chi connectivity index (χ2n) is 2.40. The number of nitrogens with one attached hydrogen (secondary N) is 1. The number of aromatic amines is 1. The highest BCUT2D eigenvalue weighted by atomic mass is 16.5. The van der Waals surface area contributed by atoms with Gasteiger partial charge in [0.1, 0.15) is 5.75 Å². The van der Waals surface area contributed by atoms with Gasteiger partial charge in [0, 0.05) is 17.1 Å². The molecule has 0 saturated carbocycles. The number of methoxy groups -OCH3 is 1. The van der Waals surface area contributed by atoms with Gasteiger partial charge >= 0.3 is 0 Å². The van der Waals surface area contributed by atoms with E-state index >= 15 is 0 Å². The summed E-state index contributed by atoms with van der Waals surface area (Å²) in [6.45, 7) is 4.00. The zero-order valence-electron chi connectivity index (χ0n) is 8.29. The first kappa shape index (κ1) is 9.65. The van der Waals surface area contributed by atoms with Crippen LogP contribution in [0.2, 0.25) is 0 Å². The average molecular weight is 177 g/mol. The molecule has 0 aliphatic heterocycles. The molecule has 0 amide bonds. The van der Waals surface area contributed by atoms with Crippen molar-refractivity contribution < 1.29 is 4.74 Å². The number of rotatable bonds is 1. The number of hydrogen-bond acceptors (Lipinski definition) is 1. The molecule has 1 heterocycles. The Morgan fingerprint density at radius 2 is 1.92 bits per heavy atom. The van der Waals surface area contributed by atoms with E-state index in [0.29, 0.717) is 0 Å². The van der Waals surface area contributed by atoms with Crippen molar-refractivity contribution >= 4 is 10.9 Å². The molecule has 1 aromatic heterocycles. The fourth-order valence-electron chi connectivity index (χ4n) is 1.23. The summed E-state index contributed by atoms with van der Waals surface area (Å²) in [6, 6.07) is 7.96. The van der Waals surface area contributed by atoms with Gasteiger partial charge in [-0.15, -0.1) is 0 Å². The molecule has 1 aromatic carbocycles. The highest BCUT2D eigenvalue weighted by Gasteiger charge is 1.98. The minimum Gasteiger partial charge on any atom is -0.496 e. The van der Waals surface area contributed by atoms with Crippen molar-refractivity contribution in [3.05, 3.63) is 30.5 Å². The van der Waals surface area contributed by atoms with Gasteiger partial charge in [-0.05, 0) is 18.2 Å². The molecule has 0 atom stereocenters. The lowest BCUT2D eigenvalue weighted by atomic mass is 10.2. The van der Waals surface area contributed by atoms with E-state index in [0.717, 1.165) is 16.7 Å². The van der Waals surface area contributed by atoms with Crippen molar-refractivity contribution in [2.75, 3.05) is 7.11 Å². The quantitative estimate of drug-likeness (QED) is 0.710. The number of fused-ring (bicyclic) bond motifs is 1. The number of H-pyrrole nitrogens is 1. The summed E-state index contributed by atoms with van der Waals surface area (Å²) in [5.74, 6) is 0.920. The predicted octanol–water partition coefficient (Wildman–Crippen LogP) is 3.20. The van der Waals surface area contributed by atoms with Crippen LogP contribution in [-0.2, 0) is 0 Å². The third-order valence-electron chi connectivity index (χ3n) is 1.77. The molecule has 2 aromatic rings. The lowest BCUT2D eigenvalue weighted by Crippen LogP contribution is -1.81. The first-order chi connectivity index (χ1) is 6.42. The van der Waals surface area contributed by atoms with Crippen LogP contribution in [0.5, 0.6) is 5.75 Å². The van der Waals surface area contributed by atoms with Crippen LogP contribution in [0.4, 0.5) is 0 Å². The summed E-state index contributed by atoms with van der Waals surface area (Å²) in [6.07, 6.45) is 1.91. The standard InChI is InChI=1S/C9H9NO.C2H6/c1-11-9-4-2-3-8-7(9)5-6-10-8;1-2/h2-6,10H,1H3;1-2H3. The maximum atomic E-state index is 5.17. The van der Waals surface area contributed by atoms with Gasteiger partial charge < -0.3 is 9.72 Å². The van der Waals surface area contributed by atoms with E-state index in [1.165, 1.54) is 0 Å². The maximum absolute atomic E-state index is 5.17. The molecular weight excluding hydrogens is 162 g/mol. The minimum atomic E-state index is 0.920. The Morgan fingerprint density at radius 3 is 2.62 bits per heavy atom. The van der Waals surface area contributed by atoms with Crippen LogP contribution in [0.25, 0.3) is 10.9 Å². The summed E-state index contributed by atoms with van der Waals surface area (Å²) in [4.78, 5) is 3.11. The van der Waals surface area contributed by atoms with Gasteiger partial charge in [0.25, 0.3) is 0 Å². The van der Waals surface area contributed by atoms with Crippen LogP contribution in [0.1, 0.15) is 13.8 Å². The average Bonchev–Trinajstić information content (AvgIpc) is 2.68. The van der Waals surface area contributed by atoms with Crippen LogP contribution in [0.15, 0.2) is 30.5 Å². The van der Waals surface area contributed by atoms with Crippen molar-refractivity contribution in [2.45, 2.75) is 13.8 Å². The van der Waals surface area contributed by atoms with Crippen molar-refractivity contribution in [1.82, 2.24) is 4.98 Å². The lowest BCUT2D eigenvalue weighted by Gasteiger charge is -1.99. The van der Waals surface area contributed by atoms with Crippen LogP contribution >= 0.6 is 0 Å². The molecule has 70 valence electrons. The minimum absolute atomic E-state index is 0.920. The van der Waals surface area contributed by atoms with Gasteiger partial charge in [-0.25, -0.2) is 0 Å². The third-order valence-corrected chi connectivity index (χ3v) is 1.77. The molecule has 0 spiro atoms. The van der Waals surface area contributed by atoms with Gasteiger partial charge in [-0.2, -0.15) is 0 Å². The molecule has 0 bridgehead atoms. The summed E-state index contributed by atoms with van der Waals surface area (Å²) in [5, 5.41) is 1.13. The van der Waals surface area contributed by atoms with E-state index in [2.05, 4.69) is 4.98 Å². The van der Waals surface area contributed by atoms with Gasteiger partial charge in [0.2, 0.25) is 0 Å². The monoisotopic (exact) mass is 177 g/mol. The fraction of sp³-hybridized carbons (Fsp3) is 0.273. The van der Waals surface area contributed by atoms with Crippen LogP contribution in [0.3, 0.4) is 0 Å². The molecule has 1 N–H and O–H groups in total. The largest absolute Gasteiger partial charge is 0.496 e. The summed E-state index contributed by atoms with van der Waals surface area (Å²) < 4.78 is 5.17. The summed E-state index contributed by atoms with van der Waals surface area (Å²) >= 11 is 0. The summed E-state index contributed by atoms with van der Waals surface area (Å²) in [7, 11) is 1.68. The first-order valence-corrected chi connectivity index (χ1v) is 4.52. The van der Waals surface area contributed by atoms with Crippen LogP contribution in [0, 0.1) is 0 Å². The molecule has 0 aliphatic carbocycles. The molecule has 0 radical (unpaired) electrons. The first-order valence-electron chi connectivity index (χ1n) is 4.52. The Hall–Kier alpha value is -1.44. The van der Waals surface area contributed by atoms with Gasteiger partial charge in [0.15, 0.2) is 0 Å². The predicted molar refractivity (Wildman–Crippen MR) is 56.2 cm³/mol. The molecule has 2 nitrogen and oxygen atoms in total. The van der Waals surface area contributed by atoms with Crippen molar-refractivity contribution in [3.63, 3.8) is 0 Å². The topological polar surface area (TPSA) is 25.0 Å². The van der Waals surface area contributed by atoms with Crippen molar-refractivity contribution in [1.29, 1.82) is 0 Å². The normalized spacial score (nSPS) is 9.15. The fourth-order valence-corrected chi connectivity index (χ4v) is 1.23. The molecule has 2 heteroatoms. The third kappa shape index (κ3) is 1.83. The molecule has 13 heavy (non-hydrogen) atoms. The van der Waals surface area contributed by atoms with E-state index in [9.17, 15) is 0 Å². The molecule has 0 saturated heterocycles. The highest BCUT2D eigenvalue weighted by molar-refractivity contribution is 5.85.